The van der Waals surface area contributed by atoms with Crippen molar-refractivity contribution < 1.29 is 4.74 Å². The standard InChI is InChI=1S/C17H26ClNO/c1-4-14-7-5-6-8-16(14)20-17-10-13(11-18)9-15(19-17)12(2)3/h9-10,12,14,16H,4-8,11H2,1-3H3. The Labute approximate surface area is 127 Å². The molecule has 0 bridgehead atoms. The van der Waals surface area contributed by atoms with E-state index in [1.54, 1.807) is 0 Å². The van der Waals surface area contributed by atoms with Crippen LogP contribution in [0.25, 0.3) is 0 Å². The topological polar surface area (TPSA) is 22.1 Å². The summed E-state index contributed by atoms with van der Waals surface area (Å²) >= 11 is 5.99. The number of hydrogen-bond acceptors (Lipinski definition) is 2. The van der Waals surface area contributed by atoms with Gasteiger partial charge >= 0.3 is 0 Å². The van der Waals surface area contributed by atoms with Crippen molar-refractivity contribution in [2.75, 3.05) is 0 Å². The fourth-order valence-corrected chi connectivity index (χ4v) is 3.12. The molecule has 0 saturated heterocycles. The lowest BCUT2D eigenvalue weighted by molar-refractivity contribution is 0.0855. The Balaban J connectivity index is 2.16. The van der Waals surface area contributed by atoms with Crippen molar-refractivity contribution in [1.82, 2.24) is 4.98 Å². The van der Waals surface area contributed by atoms with Crippen molar-refractivity contribution in [2.45, 2.75) is 70.8 Å². The number of halogens is 1. The average molecular weight is 296 g/mol. The molecular formula is C17H26ClNO. The predicted molar refractivity (Wildman–Crippen MR) is 84.5 cm³/mol. The van der Waals surface area contributed by atoms with Gasteiger partial charge in [0, 0.05) is 17.6 Å². The molecule has 2 unspecified atom stereocenters. The van der Waals surface area contributed by atoms with Crippen LogP contribution in [0.5, 0.6) is 5.88 Å². The summed E-state index contributed by atoms with van der Waals surface area (Å²) < 4.78 is 6.22. The largest absolute Gasteiger partial charge is 0.474 e. The SMILES string of the molecule is CCC1CCCCC1Oc1cc(CCl)cc(C(C)C)n1. The molecule has 1 aliphatic rings. The van der Waals surface area contributed by atoms with E-state index in [4.69, 9.17) is 16.3 Å². The number of ether oxygens (including phenoxy) is 1. The summed E-state index contributed by atoms with van der Waals surface area (Å²) in [6.07, 6.45) is 6.57. The highest BCUT2D eigenvalue weighted by Gasteiger charge is 2.25. The summed E-state index contributed by atoms with van der Waals surface area (Å²) in [4.78, 5) is 4.66. The monoisotopic (exact) mass is 295 g/mol. The highest BCUT2D eigenvalue weighted by atomic mass is 35.5. The summed E-state index contributed by atoms with van der Waals surface area (Å²) in [5.74, 6) is 2.35. The van der Waals surface area contributed by atoms with Crippen LogP contribution < -0.4 is 4.74 Å². The minimum absolute atomic E-state index is 0.326. The number of alkyl halides is 1. The lowest BCUT2D eigenvalue weighted by atomic mass is 9.85. The van der Waals surface area contributed by atoms with Crippen LogP contribution in [0, 0.1) is 5.92 Å². The van der Waals surface area contributed by atoms with E-state index in [1.807, 2.05) is 6.07 Å². The van der Waals surface area contributed by atoms with Crippen molar-refractivity contribution in [3.63, 3.8) is 0 Å². The van der Waals surface area contributed by atoms with Gasteiger partial charge in [-0.1, -0.05) is 27.2 Å². The molecule has 0 N–H and O–H groups in total. The molecule has 3 heteroatoms. The third kappa shape index (κ3) is 3.88. The van der Waals surface area contributed by atoms with E-state index >= 15 is 0 Å². The highest BCUT2D eigenvalue weighted by Crippen LogP contribution is 2.31. The van der Waals surface area contributed by atoms with Gasteiger partial charge in [0.1, 0.15) is 6.10 Å². The Morgan fingerprint density at radius 1 is 1.30 bits per heavy atom. The van der Waals surface area contributed by atoms with Crippen molar-refractivity contribution in [3.05, 3.63) is 23.4 Å². The van der Waals surface area contributed by atoms with Crippen molar-refractivity contribution in [1.29, 1.82) is 0 Å². The Hall–Kier alpha value is -0.760. The van der Waals surface area contributed by atoms with Crippen molar-refractivity contribution >= 4 is 11.6 Å². The molecule has 1 aromatic rings. The molecule has 20 heavy (non-hydrogen) atoms. The lowest BCUT2D eigenvalue weighted by Crippen LogP contribution is -2.30. The Morgan fingerprint density at radius 3 is 2.70 bits per heavy atom. The van der Waals surface area contributed by atoms with Crippen LogP contribution in [0.15, 0.2) is 12.1 Å². The van der Waals surface area contributed by atoms with E-state index in [1.165, 1.54) is 25.7 Å². The van der Waals surface area contributed by atoms with Crippen LogP contribution in [0.2, 0.25) is 0 Å². The number of nitrogens with zero attached hydrogens (tertiary/aromatic N) is 1. The predicted octanol–water partition coefficient (Wildman–Crippen LogP) is 5.29. The van der Waals surface area contributed by atoms with Crippen LogP contribution in [-0.2, 0) is 5.88 Å². The number of aromatic nitrogens is 1. The summed E-state index contributed by atoms with van der Waals surface area (Å²) in [6.45, 7) is 6.56. The third-order valence-corrected chi connectivity index (χ3v) is 4.57. The summed E-state index contributed by atoms with van der Waals surface area (Å²) in [5.41, 5.74) is 2.17. The Morgan fingerprint density at radius 2 is 2.05 bits per heavy atom. The van der Waals surface area contributed by atoms with Gasteiger partial charge in [0.25, 0.3) is 0 Å². The first kappa shape index (κ1) is 15.6. The van der Waals surface area contributed by atoms with Crippen molar-refractivity contribution in [3.8, 4) is 5.88 Å². The first-order valence-corrected chi connectivity index (χ1v) is 8.41. The second kappa shape index (κ2) is 7.31. The minimum atomic E-state index is 0.326. The fourth-order valence-electron chi connectivity index (χ4n) is 2.97. The lowest BCUT2D eigenvalue weighted by Gasteiger charge is -2.31. The Kier molecular flexibility index (Phi) is 5.71. The molecule has 1 saturated carbocycles. The van der Waals surface area contributed by atoms with Gasteiger partial charge in [-0.2, -0.15) is 0 Å². The van der Waals surface area contributed by atoms with Gasteiger partial charge in [0.15, 0.2) is 0 Å². The van der Waals surface area contributed by atoms with Gasteiger partial charge in [0.2, 0.25) is 5.88 Å². The number of rotatable bonds is 5. The molecule has 0 spiro atoms. The van der Waals surface area contributed by atoms with Gasteiger partial charge in [-0.05, 0) is 49.1 Å². The molecule has 1 aliphatic carbocycles. The molecule has 112 valence electrons. The molecule has 2 nitrogen and oxygen atoms in total. The maximum atomic E-state index is 6.22. The first-order valence-electron chi connectivity index (χ1n) is 7.87. The molecule has 1 aromatic heterocycles. The molecule has 1 heterocycles. The summed E-state index contributed by atoms with van der Waals surface area (Å²) in [7, 11) is 0. The van der Waals surface area contributed by atoms with E-state index < -0.39 is 0 Å². The smallest absolute Gasteiger partial charge is 0.214 e. The molecule has 0 amide bonds. The van der Waals surface area contributed by atoms with Gasteiger partial charge in [-0.15, -0.1) is 11.6 Å². The zero-order valence-corrected chi connectivity index (χ0v) is 13.6. The molecule has 0 aliphatic heterocycles. The molecule has 2 atom stereocenters. The van der Waals surface area contributed by atoms with E-state index in [0.717, 1.165) is 23.6 Å². The third-order valence-electron chi connectivity index (χ3n) is 4.26. The highest BCUT2D eigenvalue weighted by molar-refractivity contribution is 6.17. The number of pyridine rings is 1. The van der Waals surface area contributed by atoms with E-state index in [-0.39, 0.29) is 0 Å². The molecule has 0 aromatic carbocycles. The Bertz CT molecular complexity index is 433. The van der Waals surface area contributed by atoms with Gasteiger partial charge in [0.05, 0.1) is 0 Å². The molecule has 1 fully saturated rings. The van der Waals surface area contributed by atoms with Gasteiger partial charge < -0.3 is 4.74 Å². The van der Waals surface area contributed by atoms with Crippen LogP contribution in [0.3, 0.4) is 0 Å². The maximum Gasteiger partial charge on any atom is 0.214 e. The van der Waals surface area contributed by atoms with Crippen LogP contribution >= 0.6 is 11.6 Å². The molecule has 2 rings (SSSR count). The van der Waals surface area contributed by atoms with Crippen LogP contribution in [0.1, 0.15) is 70.1 Å². The van der Waals surface area contributed by atoms with Crippen LogP contribution in [0.4, 0.5) is 0 Å². The number of hydrogen-bond donors (Lipinski definition) is 0. The van der Waals surface area contributed by atoms with Crippen molar-refractivity contribution in [2.24, 2.45) is 5.92 Å². The average Bonchev–Trinajstić information content (AvgIpc) is 2.47. The minimum Gasteiger partial charge on any atom is -0.474 e. The normalized spacial score (nSPS) is 23.1. The van der Waals surface area contributed by atoms with Gasteiger partial charge in [-0.25, -0.2) is 4.98 Å². The van der Waals surface area contributed by atoms with E-state index in [2.05, 4.69) is 31.8 Å². The van der Waals surface area contributed by atoms with E-state index in [9.17, 15) is 0 Å². The quantitative estimate of drug-likeness (QED) is 0.688. The second-order valence-corrected chi connectivity index (χ2v) is 6.40. The maximum absolute atomic E-state index is 6.22. The van der Waals surface area contributed by atoms with E-state index in [0.29, 0.717) is 23.8 Å². The summed E-state index contributed by atoms with van der Waals surface area (Å²) in [5, 5.41) is 0. The fraction of sp³-hybridized carbons (Fsp3) is 0.706. The van der Waals surface area contributed by atoms with Gasteiger partial charge in [-0.3, -0.25) is 0 Å². The summed E-state index contributed by atoms with van der Waals surface area (Å²) in [6, 6.07) is 4.09. The molecular weight excluding hydrogens is 270 g/mol. The second-order valence-electron chi connectivity index (χ2n) is 6.14. The zero-order valence-electron chi connectivity index (χ0n) is 12.9. The van der Waals surface area contributed by atoms with Crippen LogP contribution in [-0.4, -0.2) is 11.1 Å². The first-order chi connectivity index (χ1) is 9.63. The molecule has 0 radical (unpaired) electrons. The zero-order chi connectivity index (χ0) is 14.5.